The smallest absolute Gasteiger partial charge is 0.275 e. The summed E-state index contributed by atoms with van der Waals surface area (Å²) in [6, 6.07) is 10.3. The number of anilines is 2. The number of pyridine rings is 1. The first-order valence-corrected chi connectivity index (χ1v) is 6.76. The van der Waals surface area contributed by atoms with E-state index in [4.69, 9.17) is 0 Å². The van der Waals surface area contributed by atoms with Crippen LogP contribution in [0.1, 0.15) is 10.5 Å². The predicted octanol–water partition coefficient (Wildman–Crippen LogP) is 2.79. The zero-order chi connectivity index (χ0) is 15.7. The molecule has 3 aromatic rings. The van der Waals surface area contributed by atoms with Gasteiger partial charge in [-0.3, -0.25) is 4.79 Å². The SMILES string of the molecule is CN(C)c1ccc(NC(=O)c2cn3cc(F)ccc3n2)cc1. The Bertz CT molecular complexity index is 824. The van der Waals surface area contributed by atoms with Gasteiger partial charge in [0.05, 0.1) is 0 Å². The topological polar surface area (TPSA) is 49.6 Å². The fourth-order valence-electron chi connectivity index (χ4n) is 2.11. The molecule has 0 aliphatic heterocycles. The molecule has 0 bridgehead atoms. The van der Waals surface area contributed by atoms with Crippen LogP contribution >= 0.6 is 0 Å². The monoisotopic (exact) mass is 298 g/mol. The minimum Gasteiger partial charge on any atom is -0.378 e. The average molecular weight is 298 g/mol. The summed E-state index contributed by atoms with van der Waals surface area (Å²) in [4.78, 5) is 18.3. The van der Waals surface area contributed by atoms with Gasteiger partial charge in [0.2, 0.25) is 0 Å². The number of imidazole rings is 1. The number of fused-ring (bicyclic) bond motifs is 1. The number of carbonyl (C=O) groups is 1. The molecule has 3 rings (SSSR count). The Morgan fingerprint density at radius 2 is 1.86 bits per heavy atom. The van der Waals surface area contributed by atoms with E-state index in [0.717, 1.165) is 5.69 Å². The van der Waals surface area contributed by atoms with Crippen molar-refractivity contribution in [3.05, 3.63) is 60.3 Å². The standard InChI is InChI=1S/C16H15FN4O/c1-20(2)13-6-4-12(5-7-13)18-16(22)14-10-21-9-11(17)3-8-15(21)19-14/h3-10H,1-2H3,(H,18,22). The second-order valence-corrected chi connectivity index (χ2v) is 5.13. The van der Waals surface area contributed by atoms with E-state index in [-0.39, 0.29) is 17.4 Å². The highest BCUT2D eigenvalue weighted by molar-refractivity contribution is 6.03. The van der Waals surface area contributed by atoms with Gasteiger partial charge in [-0.05, 0) is 36.4 Å². The van der Waals surface area contributed by atoms with Crippen LogP contribution < -0.4 is 10.2 Å². The van der Waals surface area contributed by atoms with Gasteiger partial charge in [0.25, 0.3) is 5.91 Å². The third kappa shape index (κ3) is 2.76. The summed E-state index contributed by atoms with van der Waals surface area (Å²) in [7, 11) is 3.90. The average Bonchev–Trinajstić information content (AvgIpc) is 2.91. The summed E-state index contributed by atoms with van der Waals surface area (Å²) in [6.07, 6.45) is 2.78. The lowest BCUT2D eigenvalue weighted by Gasteiger charge is -2.12. The van der Waals surface area contributed by atoms with Crippen molar-refractivity contribution >= 4 is 22.9 Å². The molecule has 0 fully saturated rings. The van der Waals surface area contributed by atoms with E-state index in [1.165, 1.54) is 28.9 Å². The Morgan fingerprint density at radius 3 is 2.55 bits per heavy atom. The molecule has 0 atom stereocenters. The summed E-state index contributed by atoms with van der Waals surface area (Å²) in [5.74, 6) is -0.710. The molecule has 2 aromatic heterocycles. The number of nitrogens with one attached hydrogen (secondary N) is 1. The lowest BCUT2D eigenvalue weighted by atomic mass is 10.2. The molecule has 22 heavy (non-hydrogen) atoms. The van der Waals surface area contributed by atoms with Crippen molar-refractivity contribution in [3.8, 4) is 0 Å². The normalized spacial score (nSPS) is 10.7. The van der Waals surface area contributed by atoms with Crippen LogP contribution in [0.3, 0.4) is 0 Å². The van der Waals surface area contributed by atoms with Crippen molar-refractivity contribution in [1.29, 1.82) is 0 Å². The molecule has 0 unspecified atom stereocenters. The van der Waals surface area contributed by atoms with E-state index in [1.54, 1.807) is 0 Å². The van der Waals surface area contributed by atoms with E-state index < -0.39 is 0 Å². The fourth-order valence-corrected chi connectivity index (χ4v) is 2.11. The molecule has 0 radical (unpaired) electrons. The maximum Gasteiger partial charge on any atom is 0.275 e. The van der Waals surface area contributed by atoms with Gasteiger partial charge in [0.15, 0.2) is 0 Å². The quantitative estimate of drug-likeness (QED) is 0.809. The first-order valence-electron chi connectivity index (χ1n) is 6.76. The largest absolute Gasteiger partial charge is 0.378 e. The van der Waals surface area contributed by atoms with E-state index in [0.29, 0.717) is 11.3 Å². The third-order valence-electron chi connectivity index (χ3n) is 3.29. The number of carbonyl (C=O) groups excluding carboxylic acids is 1. The molecule has 0 aliphatic carbocycles. The lowest BCUT2D eigenvalue weighted by Crippen LogP contribution is -2.13. The Hall–Kier alpha value is -2.89. The van der Waals surface area contributed by atoms with Crippen LogP contribution in [0.4, 0.5) is 15.8 Å². The van der Waals surface area contributed by atoms with Gasteiger partial charge >= 0.3 is 0 Å². The van der Waals surface area contributed by atoms with Crippen molar-refractivity contribution in [2.24, 2.45) is 0 Å². The van der Waals surface area contributed by atoms with E-state index >= 15 is 0 Å². The molecule has 1 amide bonds. The zero-order valence-electron chi connectivity index (χ0n) is 12.2. The Morgan fingerprint density at radius 1 is 1.14 bits per heavy atom. The Balaban J connectivity index is 1.80. The van der Waals surface area contributed by atoms with Gasteiger partial charge in [-0.25, -0.2) is 9.37 Å². The summed E-state index contributed by atoms with van der Waals surface area (Å²) in [5.41, 5.74) is 2.48. The second kappa shape index (κ2) is 5.48. The second-order valence-electron chi connectivity index (χ2n) is 5.13. The van der Waals surface area contributed by atoms with Crippen molar-refractivity contribution in [2.75, 3.05) is 24.3 Å². The van der Waals surface area contributed by atoms with Crippen molar-refractivity contribution in [3.63, 3.8) is 0 Å². The van der Waals surface area contributed by atoms with Crippen LogP contribution in [0.15, 0.2) is 48.8 Å². The molecule has 5 nitrogen and oxygen atoms in total. The minimum atomic E-state index is -0.379. The van der Waals surface area contributed by atoms with E-state index in [9.17, 15) is 9.18 Å². The number of hydrogen-bond donors (Lipinski definition) is 1. The van der Waals surface area contributed by atoms with Gasteiger partial charge < -0.3 is 14.6 Å². The first-order chi connectivity index (χ1) is 10.5. The number of amides is 1. The van der Waals surface area contributed by atoms with Gasteiger partial charge in [0.1, 0.15) is 17.2 Å². The number of nitrogens with zero attached hydrogens (tertiary/aromatic N) is 3. The molecule has 2 heterocycles. The first kappa shape index (κ1) is 14.1. The van der Waals surface area contributed by atoms with Gasteiger partial charge in [-0.1, -0.05) is 0 Å². The van der Waals surface area contributed by atoms with Crippen molar-refractivity contribution in [1.82, 2.24) is 9.38 Å². The van der Waals surface area contributed by atoms with Crippen LogP contribution in [-0.2, 0) is 0 Å². The van der Waals surface area contributed by atoms with Crippen molar-refractivity contribution < 1.29 is 9.18 Å². The number of benzene rings is 1. The highest BCUT2D eigenvalue weighted by atomic mass is 19.1. The van der Waals surface area contributed by atoms with Crippen LogP contribution in [0.25, 0.3) is 5.65 Å². The fraction of sp³-hybridized carbons (Fsp3) is 0.125. The number of rotatable bonds is 3. The molecular formula is C16H15FN4O. The van der Waals surface area contributed by atoms with Gasteiger partial charge in [0, 0.05) is 37.9 Å². The Kier molecular flexibility index (Phi) is 3.50. The molecule has 0 aliphatic rings. The summed E-state index contributed by atoms with van der Waals surface area (Å²) < 4.78 is 14.6. The van der Waals surface area contributed by atoms with Crippen LogP contribution in [0.2, 0.25) is 0 Å². The predicted molar refractivity (Wildman–Crippen MR) is 83.9 cm³/mol. The molecule has 6 heteroatoms. The molecule has 1 N–H and O–H groups in total. The van der Waals surface area contributed by atoms with E-state index in [2.05, 4.69) is 10.3 Å². The Labute approximate surface area is 127 Å². The highest BCUT2D eigenvalue weighted by Gasteiger charge is 2.11. The summed E-state index contributed by atoms with van der Waals surface area (Å²) >= 11 is 0. The molecule has 0 saturated heterocycles. The van der Waals surface area contributed by atoms with Gasteiger partial charge in [-0.2, -0.15) is 0 Å². The van der Waals surface area contributed by atoms with Crippen molar-refractivity contribution in [2.45, 2.75) is 0 Å². The number of hydrogen-bond acceptors (Lipinski definition) is 3. The lowest BCUT2D eigenvalue weighted by molar-refractivity contribution is 0.102. The maximum atomic E-state index is 13.1. The zero-order valence-corrected chi connectivity index (χ0v) is 12.2. The number of halogens is 1. The highest BCUT2D eigenvalue weighted by Crippen LogP contribution is 2.16. The van der Waals surface area contributed by atoms with Crippen LogP contribution in [0, 0.1) is 5.82 Å². The van der Waals surface area contributed by atoms with E-state index in [1.807, 2.05) is 43.3 Å². The molecule has 0 saturated carbocycles. The minimum absolute atomic E-state index is 0.238. The van der Waals surface area contributed by atoms with Gasteiger partial charge in [-0.15, -0.1) is 0 Å². The molecule has 1 aromatic carbocycles. The van der Waals surface area contributed by atoms with Crippen LogP contribution in [0.5, 0.6) is 0 Å². The summed E-state index contributed by atoms with van der Waals surface area (Å²) in [5, 5.41) is 2.77. The molecular weight excluding hydrogens is 283 g/mol. The number of aromatic nitrogens is 2. The molecule has 0 spiro atoms. The maximum absolute atomic E-state index is 13.1. The third-order valence-corrected chi connectivity index (χ3v) is 3.29. The van der Waals surface area contributed by atoms with Crippen LogP contribution in [-0.4, -0.2) is 29.4 Å². The molecule has 112 valence electrons. The summed E-state index contributed by atoms with van der Waals surface area (Å²) in [6.45, 7) is 0.